The van der Waals surface area contributed by atoms with Crippen molar-refractivity contribution >= 4 is 11.8 Å². The summed E-state index contributed by atoms with van der Waals surface area (Å²) in [5.74, 6) is 0.357. The molecule has 0 radical (unpaired) electrons. The molecule has 10 heteroatoms. The van der Waals surface area contributed by atoms with Crippen molar-refractivity contribution < 1.29 is 17.7 Å². The molecular formula is C14H12F3N5OS. The first-order chi connectivity index (χ1) is 11.3. The summed E-state index contributed by atoms with van der Waals surface area (Å²) in [5.41, 5.74) is 1.68. The van der Waals surface area contributed by atoms with Gasteiger partial charge in [0.05, 0.1) is 0 Å². The SMILES string of the molecule is Cc1nc(-c2cccc(CSc3nnc(C(F)(F)F)n3C)c2)no1. The van der Waals surface area contributed by atoms with Crippen LogP contribution in [-0.4, -0.2) is 24.9 Å². The smallest absolute Gasteiger partial charge is 0.339 e. The number of nitrogens with zero attached hydrogens (tertiary/aromatic N) is 5. The average molecular weight is 355 g/mol. The quantitative estimate of drug-likeness (QED) is 0.668. The number of benzene rings is 1. The molecule has 3 aromatic rings. The Morgan fingerprint density at radius 2 is 2.04 bits per heavy atom. The second-order valence-electron chi connectivity index (χ2n) is 4.99. The van der Waals surface area contributed by atoms with Gasteiger partial charge in [-0.25, -0.2) is 0 Å². The average Bonchev–Trinajstić information content (AvgIpc) is 3.11. The van der Waals surface area contributed by atoms with Gasteiger partial charge in [0.2, 0.25) is 17.5 Å². The largest absolute Gasteiger partial charge is 0.451 e. The predicted molar refractivity (Wildman–Crippen MR) is 80.0 cm³/mol. The number of aromatic nitrogens is 5. The minimum Gasteiger partial charge on any atom is -0.339 e. The van der Waals surface area contributed by atoms with Crippen LogP contribution in [0.2, 0.25) is 0 Å². The van der Waals surface area contributed by atoms with E-state index in [-0.39, 0.29) is 5.16 Å². The van der Waals surface area contributed by atoms with Crippen molar-refractivity contribution in [3.63, 3.8) is 0 Å². The summed E-state index contributed by atoms with van der Waals surface area (Å²) < 4.78 is 44.0. The maximum atomic E-state index is 12.7. The van der Waals surface area contributed by atoms with Gasteiger partial charge in [0.1, 0.15) is 0 Å². The zero-order chi connectivity index (χ0) is 17.3. The summed E-state index contributed by atoms with van der Waals surface area (Å²) in [6.07, 6.45) is -4.52. The van der Waals surface area contributed by atoms with Gasteiger partial charge in [-0.1, -0.05) is 35.1 Å². The van der Waals surface area contributed by atoms with Gasteiger partial charge < -0.3 is 9.09 Å². The number of aryl methyl sites for hydroxylation is 1. The fourth-order valence-electron chi connectivity index (χ4n) is 2.05. The van der Waals surface area contributed by atoms with Gasteiger partial charge in [0, 0.05) is 25.3 Å². The molecule has 0 N–H and O–H groups in total. The highest BCUT2D eigenvalue weighted by molar-refractivity contribution is 7.98. The van der Waals surface area contributed by atoms with E-state index in [2.05, 4.69) is 20.3 Å². The Hall–Kier alpha value is -2.36. The van der Waals surface area contributed by atoms with Crippen molar-refractivity contribution in [3.05, 3.63) is 41.5 Å². The van der Waals surface area contributed by atoms with Crippen LogP contribution in [0.5, 0.6) is 0 Å². The molecule has 0 aliphatic carbocycles. The van der Waals surface area contributed by atoms with Gasteiger partial charge in [-0.05, 0) is 11.6 Å². The summed E-state index contributed by atoms with van der Waals surface area (Å²) in [5, 5.41) is 10.8. The third-order valence-electron chi connectivity index (χ3n) is 3.17. The van der Waals surface area contributed by atoms with E-state index in [0.717, 1.165) is 15.7 Å². The summed E-state index contributed by atoms with van der Waals surface area (Å²) in [6.45, 7) is 1.70. The van der Waals surface area contributed by atoms with E-state index in [9.17, 15) is 13.2 Å². The fourth-order valence-corrected chi connectivity index (χ4v) is 2.91. The van der Waals surface area contributed by atoms with Crippen molar-refractivity contribution in [2.75, 3.05) is 0 Å². The first-order valence-electron chi connectivity index (χ1n) is 6.83. The molecule has 0 aliphatic rings. The predicted octanol–water partition coefficient (Wildman–Crippen LogP) is 3.48. The number of hydrogen-bond donors (Lipinski definition) is 0. The lowest BCUT2D eigenvalue weighted by atomic mass is 10.1. The molecule has 0 atom stereocenters. The molecule has 0 saturated carbocycles. The van der Waals surface area contributed by atoms with E-state index in [1.165, 1.54) is 18.8 Å². The molecule has 0 fully saturated rings. The molecule has 0 aliphatic heterocycles. The summed E-state index contributed by atoms with van der Waals surface area (Å²) in [4.78, 5) is 4.15. The van der Waals surface area contributed by atoms with Crippen LogP contribution in [0.3, 0.4) is 0 Å². The summed E-state index contributed by atoms with van der Waals surface area (Å²) >= 11 is 1.17. The Bertz CT molecular complexity index is 858. The molecule has 0 bridgehead atoms. The Kier molecular flexibility index (Phi) is 4.31. The van der Waals surface area contributed by atoms with Crippen LogP contribution in [0.4, 0.5) is 13.2 Å². The summed E-state index contributed by atoms with van der Waals surface area (Å²) in [6, 6.07) is 7.39. The Labute approximate surface area is 139 Å². The van der Waals surface area contributed by atoms with Gasteiger partial charge >= 0.3 is 6.18 Å². The Morgan fingerprint density at radius 1 is 1.25 bits per heavy atom. The first-order valence-corrected chi connectivity index (χ1v) is 7.82. The topological polar surface area (TPSA) is 69.6 Å². The van der Waals surface area contributed by atoms with Gasteiger partial charge in [-0.3, -0.25) is 0 Å². The molecule has 2 aromatic heterocycles. The van der Waals surface area contributed by atoms with E-state index >= 15 is 0 Å². The van der Waals surface area contributed by atoms with Crippen LogP contribution in [0.25, 0.3) is 11.4 Å². The second kappa shape index (κ2) is 6.27. The van der Waals surface area contributed by atoms with Crippen LogP contribution in [0, 0.1) is 6.92 Å². The number of alkyl halides is 3. The van der Waals surface area contributed by atoms with Crippen molar-refractivity contribution in [2.24, 2.45) is 7.05 Å². The third kappa shape index (κ3) is 3.42. The zero-order valence-corrected chi connectivity index (χ0v) is 13.5. The van der Waals surface area contributed by atoms with Gasteiger partial charge in [0.15, 0.2) is 5.16 Å². The van der Waals surface area contributed by atoms with Crippen LogP contribution >= 0.6 is 11.8 Å². The van der Waals surface area contributed by atoms with Gasteiger partial charge in [0.25, 0.3) is 0 Å². The molecule has 1 aromatic carbocycles. The van der Waals surface area contributed by atoms with E-state index in [1.807, 2.05) is 24.3 Å². The molecule has 0 spiro atoms. The molecule has 0 unspecified atom stereocenters. The van der Waals surface area contributed by atoms with Crippen LogP contribution in [0.1, 0.15) is 17.3 Å². The molecule has 24 heavy (non-hydrogen) atoms. The van der Waals surface area contributed by atoms with Crippen molar-refractivity contribution in [3.8, 4) is 11.4 Å². The monoisotopic (exact) mass is 355 g/mol. The molecule has 0 amide bonds. The number of thioether (sulfide) groups is 1. The lowest BCUT2D eigenvalue weighted by Crippen LogP contribution is -2.12. The van der Waals surface area contributed by atoms with E-state index in [1.54, 1.807) is 6.92 Å². The van der Waals surface area contributed by atoms with E-state index < -0.39 is 12.0 Å². The standard InChI is InChI=1S/C14H12F3N5OS/c1-8-18-11(21-23-8)10-5-3-4-9(6-10)7-24-13-20-19-12(22(13)2)14(15,16)17/h3-6H,7H2,1-2H3. The van der Waals surface area contributed by atoms with E-state index in [4.69, 9.17) is 4.52 Å². The highest BCUT2D eigenvalue weighted by atomic mass is 32.2. The maximum Gasteiger partial charge on any atom is 0.451 e. The Morgan fingerprint density at radius 3 is 2.67 bits per heavy atom. The molecule has 0 saturated heterocycles. The summed E-state index contributed by atoms with van der Waals surface area (Å²) in [7, 11) is 1.30. The van der Waals surface area contributed by atoms with Crippen molar-refractivity contribution in [1.82, 2.24) is 24.9 Å². The highest BCUT2D eigenvalue weighted by Crippen LogP contribution is 2.30. The lowest BCUT2D eigenvalue weighted by molar-refractivity contribution is -0.147. The molecular weight excluding hydrogens is 343 g/mol. The number of rotatable bonds is 4. The van der Waals surface area contributed by atoms with Crippen LogP contribution in [0.15, 0.2) is 33.9 Å². The third-order valence-corrected chi connectivity index (χ3v) is 4.26. The van der Waals surface area contributed by atoms with E-state index in [0.29, 0.717) is 17.5 Å². The second-order valence-corrected chi connectivity index (χ2v) is 5.93. The zero-order valence-electron chi connectivity index (χ0n) is 12.7. The van der Waals surface area contributed by atoms with Crippen molar-refractivity contribution in [2.45, 2.75) is 24.0 Å². The number of hydrogen-bond acceptors (Lipinski definition) is 6. The maximum absolute atomic E-state index is 12.7. The number of halogens is 3. The molecule has 2 heterocycles. The highest BCUT2D eigenvalue weighted by Gasteiger charge is 2.37. The normalized spacial score (nSPS) is 11.9. The molecule has 6 nitrogen and oxygen atoms in total. The molecule has 126 valence electrons. The van der Waals surface area contributed by atoms with Crippen LogP contribution in [-0.2, 0) is 19.0 Å². The fraction of sp³-hybridized carbons (Fsp3) is 0.286. The van der Waals surface area contributed by atoms with Gasteiger partial charge in [-0.2, -0.15) is 18.2 Å². The van der Waals surface area contributed by atoms with Gasteiger partial charge in [-0.15, -0.1) is 10.2 Å². The lowest BCUT2D eigenvalue weighted by Gasteiger charge is -2.06. The minimum absolute atomic E-state index is 0.197. The van der Waals surface area contributed by atoms with Crippen molar-refractivity contribution in [1.29, 1.82) is 0 Å². The van der Waals surface area contributed by atoms with Crippen LogP contribution < -0.4 is 0 Å². The minimum atomic E-state index is -4.52. The molecule has 3 rings (SSSR count). The first kappa shape index (κ1) is 16.5. The Balaban J connectivity index is 1.75.